The fourth-order valence-corrected chi connectivity index (χ4v) is 2.70. The SMILES string of the molecule is NC(=O)C1CCN(C(=O)CCCNC(=O)c2ccccc2)CC1. The molecule has 3 amide bonds. The van der Waals surface area contributed by atoms with Gasteiger partial charge < -0.3 is 16.0 Å². The topological polar surface area (TPSA) is 92.5 Å². The summed E-state index contributed by atoms with van der Waals surface area (Å²) < 4.78 is 0. The molecule has 1 aromatic carbocycles. The first-order valence-corrected chi connectivity index (χ1v) is 7.98. The second-order valence-corrected chi connectivity index (χ2v) is 5.78. The number of nitrogens with one attached hydrogen (secondary N) is 1. The third-order valence-electron chi connectivity index (χ3n) is 4.14. The van der Waals surface area contributed by atoms with Crippen LogP contribution in [0.25, 0.3) is 0 Å². The van der Waals surface area contributed by atoms with Gasteiger partial charge in [-0.25, -0.2) is 0 Å². The first-order valence-electron chi connectivity index (χ1n) is 7.98. The quantitative estimate of drug-likeness (QED) is 0.764. The van der Waals surface area contributed by atoms with Crippen molar-refractivity contribution in [1.29, 1.82) is 0 Å². The molecular formula is C17H23N3O3. The molecule has 6 heteroatoms. The number of nitrogens with two attached hydrogens (primary N) is 1. The Labute approximate surface area is 136 Å². The minimum absolute atomic E-state index is 0.0712. The second-order valence-electron chi connectivity index (χ2n) is 5.78. The molecular weight excluding hydrogens is 294 g/mol. The van der Waals surface area contributed by atoms with E-state index >= 15 is 0 Å². The van der Waals surface area contributed by atoms with Crippen LogP contribution in [-0.2, 0) is 9.59 Å². The van der Waals surface area contributed by atoms with Crippen LogP contribution in [0.1, 0.15) is 36.0 Å². The number of amides is 3. The molecule has 23 heavy (non-hydrogen) atoms. The molecule has 1 aliphatic rings. The van der Waals surface area contributed by atoms with Crippen LogP contribution in [0.3, 0.4) is 0 Å². The van der Waals surface area contributed by atoms with E-state index in [0.717, 1.165) is 0 Å². The van der Waals surface area contributed by atoms with Crippen LogP contribution in [0.2, 0.25) is 0 Å². The summed E-state index contributed by atoms with van der Waals surface area (Å²) in [5.74, 6) is -0.438. The number of rotatable bonds is 6. The maximum absolute atomic E-state index is 12.1. The van der Waals surface area contributed by atoms with E-state index in [1.807, 2.05) is 18.2 Å². The van der Waals surface area contributed by atoms with Crippen molar-refractivity contribution in [3.05, 3.63) is 35.9 Å². The zero-order valence-electron chi connectivity index (χ0n) is 13.2. The largest absolute Gasteiger partial charge is 0.369 e. The number of benzene rings is 1. The molecule has 1 heterocycles. The molecule has 0 atom stereocenters. The van der Waals surface area contributed by atoms with E-state index in [9.17, 15) is 14.4 Å². The first kappa shape index (κ1) is 17.0. The summed E-state index contributed by atoms with van der Waals surface area (Å²) in [6, 6.07) is 8.99. The molecule has 0 aliphatic carbocycles. The first-order chi connectivity index (χ1) is 11.1. The van der Waals surface area contributed by atoms with E-state index in [1.54, 1.807) is 17.0 Å². The summed E-state index contributed by atoms with van der Waals surface area (Å²) >= 11 is 0. The van der Waals surface area contributed by atoms with E-state index in [2.05, 4.69) is 5.32 Å². The molecule has 124 valence electrons. The Kier molecular flexibility index (Phi) is 6.14. The number of carbonyl (C=O) groups is 3. The van der Waals surface area contributed by atoms with Gasteiger partial charge in [-0.3, -0.25) is 14.4 Å². The van der Waals surface area contributed by atoms with Gasteiger partial charge in [-0.05, 0) is 31.4 Å². The lowest BCUT2D eigenvalue weighted by molar-refractivity contribution is -0.134. The molecule has 1 aliphatic heterocycles. The highest BCUT2D eigenvalue weighted by molar-refractivity contribution is 5.94. The summed E-state index contributed by atoms with van der Waals surface area (Å²) in [5, 5.41) is 2.81. The third kappa shape index (κ3) is 5.09. The average molecular weight is 317 g/mol. The Morgan fingerprint density at radius 2 is 1.78 bits per heavy atom. The van der Waals surface area contributed by atoms with Gasteiger partial charge in [-0.2, -0.15) is 0 Å². The van der Waals surface area contributed by atoms with Crippen molar-refractivity contribution in [3.8, 4) is 0 Å². The lowest BCUT2D eigenvalue weighted by Gasteiger charge is -2.30. The van der Waals surface area contributed by atoms with Crippen LogP contribution in [-0.4, -0.2) is 42.3 Å². The maximum Gasteiger partial charge on any atom is 0.251 e. The number of carbonyl (C=O) groups excluding carboxylic acids is 3. The normalized spacial score (nSPS) is 15.2. The number of piperidine rings is 1. The van der Waals surface area contributed by atoms with E-state index in [1.165, 1.54) is 0 Å². The molecule has 1 saturated heterocycles. The predicted molar refractivity (Wildman–Crippen MR) is 86.5 cm³/mol. The van der Waals surface area contributed by atoms with Crippen LogP contribution in [0.5, 0.6) is 0 Å². The molecule has 0 spiro atoms. The Balaban J connectivity index is 1.64. The lowest BCUT2D eigenvalue weighted by Crippen LogP contribution is -2.41. The Hall–Kier alpha value is -2.37. The summed E-state index contributed by atoms with van der Waals surface area (Å²) in [7, 11) is 0. The van der Waals surface area contributed by atoms with Crippen LogP contribution in [0, 0.1) is 5.92 Å². The smallest absolute Gasteiger partial charge is 0.251 e. The van der Waals surface area contributed by atoms with Crippen LogP contribution < -0.4 is 11.1 Å². The summed E-state index contributed by atoms with van der Waals surface area (Å²) in [6.45, 7) is 1.64. The van der Waals surface area contributed by atoms with Gasteiger partial charge in [0.2, 0.25) is 11.8 Å². The number of hydrogen-bond acceptors (Lipinski definition) is 3. The summed E-state index contributed by atoms with van der Waals surface area (Å²) in [5.41, 5.74) is 5.90. The van der Waals surface area contributed by atoms with Gasteiger partial charge in [0.15, 0.2) is 0 Å². The Bertz CT molecular complexity index is 551. The highest BCUT2D eigenvalue weighted by Gasteiger charge is 2.25. The Morgan fingerprint density at radius 1 is 1.13 bits per heavy atom. The van der Waals surface area contributed by atoms with Crippen LogP contribution in [0.4, 0.5) is 0 Å². The molecule has 0 bridgehead atoms. The zero-order valence-corrected chi connectivity index (χ0v) is 13.2. The van der Waals surface area contributed by atoms with E-state index < -0.39 is 0 Å². The van der Waals surface area contributed by atoms with E-state index in [-0.39, 0.29) is 23.6 Å². The van der Waals surface area contributed by atoms with Gasteiger partial charge in [0.1, 0.15) is 0 Å². The van der Waals surface area contributed by atoms with Crippen LogP contribution in [0.15, 0.2) is 30.3 Å². The third-order valence-corrected chi connectivity index (χ3v) is 4.14. The molecule has 3 N–H and O–H groups in total. The highest BCUT2D eigenvalue weighted by atomic mass is 16.2. The van der Waals surface area contributed by atoms with Gasteiger partial charge >= 0.3 is 0 Å². The molecule has 0 aromatic heterocycles. The maximum atomic E-state index is 12.1. The fourth-order valence-electron chi connectivity index (χ4n) is 2.70. The molecule has 0 radical (unpaired) electrons. The molecule has 1 fully saturated rings. The zero-order chi connectivity index (χ0) is 16.7. The molecule has 6 nitrogen and oxygen atoms in total. The van der Waals surface area contributed by atoms with E-state index in [4.69, 9.17) is 5.73 Å². The van der Waals surface area contributed by atoms with Crippen molar-refractivity contribution in [2.45, 2.75) is 25.7 Å². The van der Waals surface area contributed by atoms with Gasteiger partial charge in [0.05, 0.1) is 0 Å². The van der Waals surface area contributed by atoms with Crippen molar-refractivity contribution in [1.82, 2.24) is 10.2 Å². The lowest BCUT2D eigenvalue weighted by atomic mass is 9.96. The van der Waals surface area contributed by atoms with Crippen molar-refractivity contribution < 1.29 is 14.4 Å². The second kappa shape index (κ2) is 8.31. The Morgan fingerprint density at radius 3 is 2.39 bits per heavy atom. The van der Waals surface area contributed by atoms with Crippen molar-refractivity contribution in [3.63, 3.8) is 0 Å². The van der Waals surface area contributed by atoms with Crippen molar-refractivity contribution >= 4 is 17.7 Å². The number of likely N-dealkylation sites (tertiary alicyclic amines) is 1. The predicted octanol–water partition coefficient (Wildman–Crippen LogP) is 0.920. The molecule has 1 aromatic rings. The van der Waals surface area contributed by atoms with Crippen molar-refractivity contribution in [2.24, 2.45) is 11.7 Å². The average Bonchev–Trinajstić information content (AvgIpc) is 2.59. The monoisotopic (exact) mass is 317 g/mol. The minimum atomic E-state index is -0.277. The summed E-state index contributed by atoms with van der Waals surface area (Å²) in [6.07, 6.45) is 2.29. The van der Waals surface area contributed by atoms with Gasteiger partial charge in [0, 0.05) is 37.5 Å². The summed E-state index contributed by atoms with van der Waals surface area (Å²) in [4.78, 5) is 36.8. The van der Waals surface area contributed by atoms with E-state index in [0.29, 0.717) is 50.9 Å². The van der Waals surface area contributed by atoms with Crippen LogP contribution >= 0.6 is 0 Å². The van der Waals surface area contributed by atoms with Gasteiger partial charge in [0.25, 0.3) is 5.91 Å². The standard InChI is InChI=1S/C17H23N3O3/c18-16(22)13-8-11-20(12-9-13)15(21)7-4-10-19-17(23)14-5-2-1-3-6-14/h1-3,5-6,13H,4,7-12H2,(H2,18,22)(H,19,23). The highest BCUT2D eigenvalue weighted by Crippen LogP contribution is 2.17. The number of hydrogen-bond donors (Lipinski definition) is 2. The number of nitrogens with zero attached hydrogens (tertiary/aromatic N) is 1. The molecule has 0 unspecified atom stereocenters. The number of primary amides is 1. The van der Waals surface area contributed by atoms with Gasteiger partial charge in [-0.1, -0.05) is 18.2 Å². The fraction of sp³-hybridized carbons (Fsp3) is 0.471. The van der Waals surface area contributed by atoms with Crippen molar-refractivity contribution in [2.75, 3.05) is 19.6 Å². The molecule has 0 saturated carbocycles. The minimum Gasteiger partial charge on any atom is -0.369 e. The molecule has 2 rings (SSSR count). The van der Waals surface area contributed by atoms with Gasteiger partial charge in [-0.15, -0.1) is 0 Å².